The van der Waals surface area contributed by atoms with Gasteiger partial charge in [0.25, 0.3) is 0 Å². The highest BCUT2D eigenvalue weighted by Gasteiger charge is 2.22. The van der Waals surface area contributed by atoms with Gasteiger partial charge in [-0.3, -0.25) is 9.59 Å². The van der Waals surface area contributed by atoms with E-state index in [1.165, 1.54) is 334 Å². The van der Waals surface area contributed by atoms with Crippen molar-refractivity contribution in [3.05, 3.63) is 12.2 Å². The van der Waals surface area contributed by atoms with Crippen LogP contribution in [0.4, 0.5) is 0 Å². The van der Waals surface area contributed by atoms with Crippen LogP contribution in [0.5, 0.6) is 0 Å². The summed E-state index contributed by atoms with van der Waals surface area (Å²) in [6, 6.07) is 0. The van der Waals surface area contributed by atoms with Gasteiger partial charge in [-0.15, -0.1) is 0 Å². The zero-order chi connectivity index (χ0) is 61.9. The van der Waals surface area contributed by atoms with Gasteiger partial charge in [0.15, 0.2) is 12.4 Å². The molecule has 0 aliphatic carbocycles. The highest BCUT2D eigenvalue weighted by Crippen LogP contribution is 2.20. The summed E-state index contributed by atoms with van der Waals surface area (Å²) in [6.07, 6.45) is 80.4. The molecule has 504 valence electrons. The number of aliphatic carboxylic acids is 1. The number of rotatable bonds is 72. The first-order valence-electron chi connectivity index (χ1n) is 37.8. The molecule has 9 nitrogen and oxygen atoms in total. The molecule has 85 heavy (non-hydrogen) atoms. The number of nitrogens with zero attached hydrogens (tertiary/aromatic N) is 1. The minimum Gasteiger partial charge on any atom is -0.545 e. The Kier molecular flexibility index (Phi) is 66.4. The summed E-state index contributed by atoms with van der Waals surface area (Å²) in [5, 5.41) is 11.8. The molecule has 0 heterocycles. The Balaban J connectivity index is 3.97. The van der Waals surface area contributed by atoms with Crippen molar-refractivity contribution < 1.29 is 42.9 Å². The van der Waals surface area contributed by atoms with Crippen molar-refractivity contribution in [3.8, 4) is 0 Å². The first kappa shape index (κ1) is 83.0. The number of likely N-dealkylation sites (N-methyl/N-ethyl adjacent to an activating group) is 1. The molecular formula is C76H147NO8. The zero-order valence-electron chi connectivity index (χ0n) is 57.8. The third-order valence-corrected chi connectivity index (χ3v) is 17.5. The number of unbranched alkanes of at least 4 members (excludes halogenated alkanes) is 55. The maximum Gasteiger partial charge on any atom is 0.306 e. The van der Waals surface area contributed by atoms with Crippen LogP contribution in [0.2, 0.25) is 0 Å². The second-order valence-electron chi connectivity index (χ2n) is 27.3. The van der Waals surface area contributed by atoms with Crippen molar-refractivity contribution in [1.29, 1.82) is 0 Å². The molecule has 2 atom stereocenters. The van der Waals surface area contributed by atoms with Crippen LogP contribution < -0.4 is 5.11 Å². The largest absolute Gasteiger partial charge is 0.545 e. The van der Waals surface area contributed by atoms with Crippen LogP contribution in [-0.4, -0.2) is 82.3 Å². The van der Waals surface area contributed by atoms with E-state index < -0.39 is 24.3 Å². The van der Waals surface area contributed by atoms with E-state index in [1.54, 1.807) is 0 Å². The molecule has 0 N–H and O–H groups in total. The smallest absolute Gasteiger partial charge is 0.306 e. The molecule has 0 radical (unpaired) electrons. The van der Waals surface area contributed by atoms with E-state index in [1.807, 2.05) is 21.1 Å². The number of carbonyl (C=O) groups is 3. The molecular weight excluding hydrogens is 1050 g/mol. The fourth-order valence-corrected chi connectivity index (χ4v) is 11.7. The summed E-state index contributed by atoms with van der Waals surface area (Å²) in [6.45, 7) is 4.84. The number of carbonyl (C=O) groups excluding carboxylic acids is 3. The molecule has 0 fully saturated rings. The monoisotopic (exact) mass is 1200 g/mol. The van der Waals surface area contributed by atoms with Gasteiger partial charge in [0.1, 0.15) is 13.2 Å². The SMILES string of the molecule is CCCCCCCCCC/C=C\CCCCCCCCCCCCCCCC(=O)OC(COC(=O)CCCCCCCCCCCCCCCCCCCCCCCCCCCCCCCCCCCCC)COC(OCC[N+](C)(C)C)C(=O)[O-]. The van der Waals surface area contributed by atoms with Crippen LogP contribution in [0, 0.1) is 0 Å². The third kappa shape index (κ3) is 69.4. The number of esters is 2. The number of carboxylic acid groups (broad SMARTS) is 1. The average Bonchev–Trinajstić information content (AvgIpc) is 3.49. The van der Waals surface area contributed by atoms with Crippen molar-refractivity contribution in [1.82, 2.24) is 0 Å². The average molecular weight is 1200 g/mol. The summed E-state index contributed by atoms with van der Waals surface area (Å²) >= 11 is 0. The molecule has 0 bridgehead atoms. The molecule has 0 saturated carbocycles. The Labute approximate surface area is 529 Å². The third-order valence-electron chi connectivity index (χ3n) is 17.5. The standard InChI is InChI=1S/C76H147NO8/c1-6-8-10-12-14-16-18-20-22-24-26-28-30-32-33-34-35-36-37-38-39-40-41-43-44-46-48-50-52-54-56-58-60-62-64-66-73(78)83-70-72(71-84-76(75(80)81)82-69-68-77(3,4)5)85-74(79)67-65-63-61-59-57-55-53-51-49-47-45-42-31-29-27-25-23-21-19-17-15-13-11-9-7-2/h25,27,72,76H,6-24,26,28-71H2,1-5H3/b27-25-. The summed E-state index contributed by atoms with van der Waals surface area (Å²) in [7, 11) is 5.95. The number of quaternary nitrogens is 1. The van der Waals surface area contributed by atoms with Crippen molar-refractivity contribution in [2.45, 2.75) is 411 Å². The lowest BCUT2D eigenvalue weighted by Crippen LogP contribution is -2.44. The molecule has 0 saturated heterocycles. The number of hydrogen-bond donors (Lipinski definition) is 0. The molecule has 0 spiro atoms. The molecule has 0 amide bonds. The second-order valence-corrected chi connectivity index (χ2v) is 27.3. The Bertz CT molecular complexity index is 1400. The molecule has 0 aromatic carbocycles. The van der Waals surface area contributed by atoms with Crippen molar-refractivity contribution >= 4 is 17.9 Å². The van der Waals surface area contributed by atoms with Crippen molar-refractivity contribution in [3.63, 3.8) is 0 Å². The van der Waals surface area contributed by atoms with E-state index in [4.69, 9.17) is 18.9 Å². The van der Waals surface area contributed by atoms with Gasteiger partial charge in [0.05, 0.1) is 40.3 Å². The predicted molar refractivity (Wildman–Crippen MR) is 362 cm³/mol. The van der Waals surface area contributed by atoms with Gasteiger partial charge in [0, 0.05) is 12.8 Å². The number of allylic oxidation sites excluding steroid dienone is 2. The predicted octanol–water partition coefficient (Wildman–Crippen LogP) is 22.3. The van der Waals surface area contributed by atoms with Gasteiger partial charge in [-0.25, -0.2) is 0 Å². The summed E-state index contributed by atoms with van der Waals surface area (Å²) in [5.41, 5.74) is 0. The Morgan fingerprint density at radius 2 is 0.600 bits per heavy atom. The molecule has 0 aromatic rings. The topological polar surface area (TPSA) is 111 Å². The van der Waals surface area contributed by atoms with Crippen LogP contribution in [0.3, 0.4) is 0 Å². The lowest BCUT2D eigenvalue weighted by atomic mass is 10.0. The fraction of sp³-hybridized carbons (Fsp3) is 0.934. The molecule has 0 aliphatic heterocycles. The Morgan fingerprint density at radius 1 is 0.341 bits per heavy atom. The van der Waals surface area contributed by atoms with Crippen LogP contribution in [-0.2, 0) is 33.3 Å². The van der Waals surface area contributed by atoms with E-state index in [9.17, 15) is 19.5 Å². The lowest BCUT2D eigenvalue weighted by molar-refractivity contribution is -0.870. The molecule has 0 aliphatic rings. The number of carboxylic acids is 1. The Hall–Kier alpha value is -1.97. The van der Waals surface area contributed by atoms with Crippen LogP contribution >= 0.6 is 0 Å². The summed E-state index contributed by atoms with van der Waals surface area (Å²) in [5.74, 6) is -2.25. The van der Waals surface area contributed by atoms with E-state index in [0.717, 1.165) is 38.5 Å². The first-order chi connectivity index (χ1) is 41.6. The van der Waals surface area contributed by atoms with Gasteiger partial charge >= 0.3 is 11.9 Å². The normalized spacial score (nSPS) is 12.6. The maximum absolute atomic E-state index is 12.9. The fourth-order valence-electron chi connectivity index (χ4n) is 11.7. The number of ether oxygens (including phenoxy) is 4. The van der Waals surface area contributed by atoms with Gasteiger partial charge in [-0.05, 0) is 38.5 Å². The van der Waals surface area contributed by atoms with E-state index in [-0.39, 0.29) is 32.2 Å². The van der Waals surface area contributed by atoms with Crippen LogP contribution in [0.1, 0.15) is 399 Å². The van der Waals surface area contributed by atoms with Gasteiger partial charge in [-0.1, -0.05) is 360 Å². The second kappa shape index (κ2) is 68.0. The minimum absolute atomic E-state index is 0.152. The van der Waals surface area contributed by atoms with E-state index in [0.29, 0.717) is 17.4 Å². The van der Waals surface area contributed by atoms with Gasteiger partial charge in [-0.2, -0.15) is 0 Å². The number of hydrogen-bond acceptors (Lipinski definition) is 8. The highest BCUT2D eigenvalue weighted by atomic mass is 16.7. The minimum atomic E-state index is -1.62. The quantitative estimate of drug-likeness (QED) is 0.0195. The zero-order valence-corrected chi connectivity index (χ0v) is 57.8. The highest BCUT2D eigenvalue weighted by molar-refractivity contribution is 5.70. The summed E-state index contributed by atoms with van der Waals surface area (Å²) in [4.78, 5) is 37.5. The molecule has 0 aromatic heterocycles. The molecule has 0 rings (SSSR count). The van der Waals surface area contributed by atoms with Crippen LogP contribution in [0.25, 0.3) is 0 Å². The maximum atomic E-state index is 12.9. The Morgan fingerprint density at radius 3 is 0.871 bits per heavy atom. The van der Waals surface area contributed by atoms with Gasteiger partial charge < -0.3 is 33.3 Å². The molecule has 9 heteroatoms. The van der Waals surface area contributed by atoms with Crippen molar-refractivity contribution in [2.75, 3.05) is 47.5 Å². The molecule has 2 unspecified atom stereocenters. The lowest BCUT2D eigenvalue weighted by Gasteiger charge is -2.26. The van der Waals surface area contributed by atoms with Gasteiger partial charge in [0.2, 0.25) is 0 Å². The van der Waals surface area contributed by atoms with E-state index >= 15 is 0 Å². The summed E-state index contributed by atoms with van der Waals surface area (Å²) < 4.78 is 22.9. The first-order valence-corrected chi connectivity index (χ1v) is 37.8. The van der Waals surface area contributed by atoms with Crippen molar-refractivity contribution in [2.24, 2.45) is 0 Å². The van der Waals surface area contributed by atoms with Crippen LogP contribution in [0.15, 0.2) is 12.2 Å². The van der Waals surface area contributed by atoms with E-state index in [2.05, 4.69) is 26.0 Å².